The molecule has 22 heavy (non-hydrogen) atoms. The lowest BCUT2D eigenvalue weighted by atomic mass is 10.1. The maximum atomic E-state index is 5.55. The summed E-state index contributed by atoms with van der Waals surface area (Å²) >= 11 is 0. The second-order valence-corrected chi connectivity index (χ2v) is 6.69. The molecule has 0 aromatic rings. The maximum Gasteiger partial charge on any atom is 0.191 e. The second-order valence-electron chi connectivity index (χ2n) is 6.69. The lowest BCUT2D eigenvalue weighted by Crippen LogP contribution is -2.44. The number of halogens is 1. The van der Waals surface area contributed by atoms with Crippen molar-refractivity contribution in [3.63, 3.8) is 0 Å². The fourth-order valence-corrected chi connectivity index (χ4v) is 1.64. The zero-order valence-corrected chi connectivity index (χ0v) is 17.6. The van der Waals surface area contributed by atoms with Crippen LogP contribution in [0.25, 0.3) is 0 Å². The highest BCUT2D eigenvalue weighted by Gasteiger charge is 2.07. The summed E-state index contributed by atoms with van der Waals surface area (Å²) in [6, 6.07) is 0. The molecule has 0 heterocycles. The van der Waals surface area contributed by atoms with Crippen LogP contribution in [-0.4, -0.2) is 50.9 Å². The minimum absolute atomic E-state index is 0. The smallest absolute Gasteiger partial charge is 0.191 e. The van der Waals surface area contributed by atoms with Crippen molar-refractivity contribution in [2.24, 2.45) is 10.9 Å². The number of nitrogens with one attached hydrogen (secondary N) is 3. The summed E-state index contributed by atoms with van der Waals surface area (Å²) in [5, 5.41) is 10.0. The molecular formula is C16H37IN4O. The van der Waals surface area contributed by atoms with Crippen LogP contribution in [-0.2, 0) is 4.74 Å². The molecule has 5 nitrogen and oxygen atoms in total. The van der Waals surface area contributed by atoms with Crippen molar-refractivity contribution in [2.45, 2.75) is 53.5 Å². The molecule has 0 aliphatic rings. The van der Waals surface area contributed by atoms with E-state index in [1.807, 2.05) is 0 Å². The fraction of sp³-hybridized carbons (Fsp3) is 0.938. The Balaban J connectivity index is 0. The molecule has 0 rings (SSSR count). The van der Waals surface area contributed by atoms with E-state index in [0.29, 0.717) is 5.92 Å². The van der Waals surface area contributed by atoms with Crippen LogP contribution in [0.2, 0.25) is 0 Å². The number of ether oxygens (including phenoxy) is 1. The van der Waals surface area contributed by atoms with Crippen LogP contribution >= 0.6 is 24.0 Å². The molecule has 0 radical (unpaired) electrons. The lowest BCUT2D eigenvalue weighted by Gasteiger charge is -2.21. The molecule has 0 spiro atoms. The molecule has 3 N–H and O–H groups in total. The van der Waals surface area contributed by atoms with E-state index in [0.717, 1.165) is 51.8 Å². The van der Waals surface area contributed by atoms with E-state index < -0.39 is 0 Å². The largest absolute Gasteiger partial charge is 0.381 e. The molecule has 0 aliphatic heterocycles. The first-order valence-electron chi connectivity index (χ1n) is 8.20. The minimum atomic E-state index is 0. The molecule has 0 unspecified atom stereocenters. The molecule has 0 amide bonds. The monoisotopic (exact) mass is 428 g/mol. The van der Waals surface area contributed by atoms with E-state index in [4.69, 9.17) is 4.74 Å². The van der Waals surface area contributed by atoms with Gasteiger partial charge in [-0.15, -0.1) is 24.0 Å². The van der Waals surface area contributed by atoms with Gasteiger partial charge in [-0.05, 0) is 40.0 Å². The Labute approximate surface area is 154 Å². The average molecular weight is 428 g/mol. The van der Waals surface area contributed by atoms with Crippen LogP contribution in [0.4, 0.5) is 0 Å². The highest BCUT2D eigenvalue weighted by atomic mass is 127. The Kier molecular flexibility index (Phi) is 15.9. The molecule has 0 saturated carbocycles. The zero-order chi connectivity index (χ0) is 16.1. The van der Waals surface area contributed by atoms with E-state index in [2.05, 4.69) is 62.5 Å². The van der Waals surface area contributed by atoms with Crippen molar-refractivity contribution in [2.75, 3.05) is 39.4 Å². The third kappa shape index (κ3) is 18.0. The summed E-state index contributed by atoms with van der Waals surface area (Å²) in [6.45, 7) is 18.0. The summed E-state index contributed by atoms with van der Waals surface area (Å²) < 4.78 is 5.55. The Morgan fingerprint density at radius 1 is 1.14 bits per heavy atom. The van der Waals surface area contributed by atoms with Crippen LogP contribution in [0.5, 0.6) is 0 Å². The van der Waals surface area contributed by atoms with E-state index in [1.165, 1.54) is 0 Å². The summed E-state index contributed by atoms with van der Waals surface area (Å²) in [5.74, 6) is 1.49. The molecular weight excluding hydrogens is 391 g/mol. The van der Waals surface area contributed by atoms with Gasteiger partial charge in [-0.25, -0.2) is 0 Å². The summed E-state index contributed by atoms with van der Waals surface area (Å²) in [6.07, 6.45) is 0.962. The molecule has 6 heteroatoms. The molecule has 0 atom stereocenters. The summed E-state index contributed by atoms with van der Waals surface area (Å²) in [5.41, 5.74) is 0.158. The normalized spacial score (nSPS) is 12.2. The molecule has 0 saturated heterocycles. The van der Waals surface area contributed by atoms with E-state index in [-0.39, 0.29) is 29.5 Å². The standard InChI is InChI=1S/C16H36N4O.HI/c1-7-17-15(19-10-11-20-16(4,5)6)18-9-8-12-21-13-14(2)3;/h14,20H,7-13H2,1-6H3,(H2,17,18,19);1H. The van der Waals surface area contributed by atoms with Gasteiger partial charge in [0, 0.05) is 44.9 Å². The quantitative estimate of drug-likeness (QED) is 0.217. The van der Waals surface area contributed by atoms with Gasteiger partial charge in [0.15, 0.2) is 5.96 Å². The number of guanidine groups is 1. The number of aliphatic imine (C=N–C) groups is 1. The first-order valence-corrected chi connectivity index (χ1v) is 8.20. The third-order valence-electron chi connectivity index (χ3n) is 2.58. The maximum absolute atomic E-state index is 5.55. The number of hydrogen-bond donors (Lipinski definition) is 3. The summed E-state index contributed by atoms with van der Waals surface area (Å²) in [4.78, 5) is 4.55. The molecule has 0 aromatic heterocycles. The van der Waals surface area contributed by atoms with Crippen molar-refractivity contribution < 1.29 is 4.74 Å². The van der Waals surface area contributed by atoms with Crippen LogP contribution in [0.15, 0.2) is 4.99 Å². The van der Waals surface area contributed by atoms with Gasteiger partial charge < -0.3 is 20.7 Å². The lowest BCUT2D eigenvalue weighted by molar-refractivity contribution is 0.109. The van der Waals surface area contributed by atoms with Crippen molar-refractivity contribution in [1.29, 1.82) is 0 Å². The Bertz CT molecular complexity index is 278. The van der Waals surface area contributed by atoms with Crippen LogP contribution in [0, 0.1) is 5.92 Å². The van der Waals surface area contributed by atoms with Gasteiger partial charge in [-0.1, -0.05) is 13.8 Å². The Morgan fingerprint density at radius 2 is 1.82 bits per heavy atom. The second kappa shape index (κ2) is 14.5. The van der Waals surface area contributed by atoms with Crippen LogP contribution in [0.1, 0.15) is 48.0 Å². The summed E-state index contributed by atoms with van der Waals surface area (Å²) in [7, 11) is 0. The fourth-order valence-electron chi connectivity index (χ4n) is 1.64. The van der Waals surface area contributed by atoms with Crippen LogP contribution in [0.3, 0.4) is 0 Å². The predicted molar refractivity (Wildman–Crippen MR) is 107 cm³/mol. The molecule has 0 aromatic carbocycles. The van der Waals surface area contributed by atoms with Gasteiger partial charge in [-0.3, -0.25) is 4.99 Å². The minimum Gasteiger partial charge on any atom is -0.381 e. The Hall–Kier alpha value is -0.0800. The van der Waals surface area contributed by atoms with Gasteiger partial charge in [0.05, 0.1) is 0 Å². The number of nitrogens with zero attached hydrogens (tertiary/aromatic N) is 1. The van der Waals surface area contributed by atoms with E-state index in [9.17, 15) is 0 Å². The van der Waals surface area contributed by atoms with Crippen molar-refractivity contribution in [3.8, 4) is 0 Å². The van der Waals surface area contributed by atoms with Gasteiger partial charge >= 0.3 is 0 Å². The van der Waals surface area contributed by atoms with E-state index in [1.54, 1.807) is 0 Å². The van der Waals surface area contributed by atoms with Crippen LogP contribution < -0.4 is 16.0 Å². The molecule has 0 fully saturated rings. The third-order valence-corrected chi connectivity index (χ3v) is 2.58. The highest BCUT2D eigenvalue weighted by Crippen LogP contribution is 1.96. The zero-order valence-electron chi connectivity index (χ0n) is 15.3. The van der Waals surface area contributed by atoms with Crippen molar-refractivity contribution in [1.82, 2.24) is 16.0 Å². The van der Waals surface area contributed by atoms with Gasteiger partial charge in [-0.2, -0.15) is 0 Å². The number of rotatable bonds is 10. The van der Waals surface area contributed by atoms with Crippen molar-refractivity contribution in [3.05, 3.63) is 0 Å². The highest BCUT2D eigenvalue weighted by molar-refractivity contribution is 14.0. The topological polar surface area (TPSA) is 57.7 Å². The first-order chi connectivity index (χ1) is 9.85. The number of hydrogen-bond acceptors (Lipinski definition) is 3. The van der Waals surface area contributed by atoms with Gasteiger partial charge in [0.1, 0.15) is 0 Å². The van der Waals surface area contributed by atoms with Gasteiger partial charge in [0.2, 0.25) is 0 Å². The predicted octanol–water partition coefficient (Wildman–Crippen LogP) is 2.61. The molecule has 0 bridgehead atoms. The van der Waals surface area contributed by atoms with E-state index >= 15 is 0 Å². The Morgan fingerprint density at radius 3 is 2.36 bits per heavy atom. The molecule has 0 aliphatic carbocycles. The first kappa shape index (κ1) is 24.2. The average Bonchev–Trinajstić information content (AvgIpc) is 2.37. The SMILES string of the molecule is CCNC(=NCCCOCC(C)C)NCCNC(C)(C)C.I. The van der Waals surface area contributed by atoms with Gasteiger partial charge in [0.25, 0.3) is 0 Å². The van der Waals surface area contributed by atoms with Crippen molar-refractivity contribution >= 4 is 29.9 Å². The molecule has 134 valence electrons.